The number of hydrogen-bond donors (Lipinski definition) is 2. The highest BCUT2D eigenvalue weighted by molar-refractivity contribution is 9.10. The third kappa shape index (κ3) is 6.09. The number of aliphatic carboxylic acids is 1. The highest BCUT2D eigenvalue weighted by Gasteiger charge is 2.11. The number of benzene rings is 1. The molecule has 0 bridgehead atoms. The number of halogens is 1. The molecular weight excluding hydrogens is 354 g/mol. The summed E-state index contributed by atoms with van der Waals surface area (Å²) in [5.74, 6) is -1.00. The molecule has 116 valence electrons. The summed E-state index contributed by atoms with van der Waals surface area (Å²) in [6.07, 6.45) is 0.447. The number of aryl methyl sites for hydroxylation is 2. The van der Waals surface area contributed by atoms with Gasteiger partial charge in [-0.1, -0.05) is 22.9 Å². The molecule has 0 aliphatic carbocycles. The summed E-state index contributed by atoms with van der Waals surface area (Å²) in [5, 5.41) is 11.5. The Morgan fingerprint density at radius 3 is 2.62 bits per heavy atom. The van der Waals surface area contributed by atoms with Crippen LogP contribution in [-0.2, 0) is 9.59 Å². The van der Waals surface area contributed by atoms with Crippen LogP contribution in [0.5, 0.6) is 0 Å². The summed E-state index contributed by atoms with van der Waals surface area (Å²) in [6.45, 7) is 6.06. The molecule has 6 heteroatoms. The van der Waals surface area contributed by atoms with Crippen LogP contribution in [0.15, 0.2) is 21.5 Å². The van der Waals surface area contributed by atoms with E-state index in [4.69, 9.17) is 5.11 Å². The van der Waals surface area contributed by atoms with Gasteiger partial charge in [0.05, 0.1) is 11.7 Å². The second-order valence-corrected chi connectivity index (χ2v) is 6.90. The topological polar surface area (TPSA) is 66.4 Å². The van der Waals surface area contributed by atoms with Gasteiger partial charge in [0, 0.05) is 15.9 Å². The van der Waals surface area contributed by atoms with Crippen molar-refractivity contribution in [2.24, 2.45) is 5.92 Å². The fourth-order valence-corrected chi connectivity index (χ4v) is 3.05. The minimum atomic E-state index is -0.834. The molecule has 4 nitrogen and oxygen atoms in total. The molecule has 1 unspecified atom stereocenters. The van der Waals surface area contributed by atoms with E-state index in [1.54, 1.807) is 6.92 Å². The Morgan fingerprint density at radius 1 is 1.33 bits per heavy atom. The first kappa shape index (κ1) is 18.0. The summed E-state index contributed by atoms with van der Waals surface area (Å²) in [4.78, 5) is 23.5. The number of nitrogens with one attached hydrogen (secondary N) is 1. The molecule has 0 fully saturated rings. The van der Waals surface area contributed by atoms with E-state index in [1.807, 2.05) is 19.9 Å². The van der Waals surface area contributed by atoms with Crippen molar-refractivity contribution in [2.75, 3.05) is 12.3 Å². The highest BCUT2D eigenvalue weighted by atomic mass is 79.9. The Morgan fingerprint density at radius 2 is 2.00 bits per heavy atom. The van der Waals surface area contributed by atoms with Gasteiger partial charge in [0.25, 0.3) is 0 Å². The van der Waals surface area contributed by atoms with Crippen LogP contribution in [0, 0.1) is 19.8 Å². The molecule has 0 saturated heterocycles. The number of rotatable bonds is 7. The van der Waals surface area contributed by atoms with Gasteiger partial charge in [-0.25, -0.2) is 0 Å². The number of carbonyl (C=O) groups excluding carboxylic acids is 1. The van der Waals surface area contributed by atoms with Crippen molar-refractivity contribution in [1.29, 1.82) is 0 Å². The zero-order valence-electron chi connectivity index (χ0n) is 12.4. The first-order chi connectivity index (χ1) is 9.81. The Balaban J connectivity index is 2.40. The van der Waals surface area contributed by atoms with Crippen LogP contribution < -0.4 is 5.32 Å². The molecule has 1 aromatic rings. The number of thioether (sulfide) groups is 1. The summed E-state index contributed by atoms with van der Waals surface area (Å²) in [5.41, 5.74) is 2.27. The van der Waals surface area contributed by atoms with Crippen LogP contribution in [0.2, 0.25) is 0 Å². The molecule has 2 N–H and O–H groups in total. The van der Waals surface area contributed by atoms with Crippen LogP contribution in [0.4, 0.5) is 0 Å². The Kier molecular flexibility index (Phi) is 7.25. The lowest BCUT2D eigenvalue weighted by molar-refractivity contribution is -0.141. The second-order valence-electron chi connectivity index (χ2n) is 5.03. The monoisotopic (exact) mass is 373 g/mol. The van der Waals surface area contributed by atoms with Crippen molar-refractivity contribution >= 4 is 39.6 Å². The van der Waals surface area contributed by atoms with Gasteiger partial charge in [-0.3, -0.25) is 9.59 Å². The molecule has 1 aromatic carbocycles. The van der Waals surface area contributed by atoms with E-state index < -0.39 is 11.9 Å². The largest absolute Gasteiger partial charge is 0.481 e. The van der Waals surface area contributed by atoms with Gasteiger partial charge in [0.15, 0.2) is 0 Å². The predicted molar refractivity (Wildman–Crippen MR) is 88.8 cm³/mol. The van der Waals surface area contributed by atoms with Crippen molar-refractivity contribution in [2.45, 2.75) is 32.1 Å². The van der Waals surface area contributed by atoms with Crippen molar-refractivity contribution in [3.63, 3.8) is 0 Å². The summed E-state index contributed by atoms with van der Waals surface area (Å²) < 4.78 is 1.07. The highest BCUT2D eigenvalue weighted by Crippen LogP contribution is 2.28. The molecule has 0 saturated carbocycles. The zero-order chi connectivity index (χ0) is 16.0. The Labute approximate surface area is 137 Å². The fourth-order valence-electron chi connectivity index (χ4n) is 1.66. The molecule has 0 spiro atoms. The Hall–Kier alpha value is -1.01. The molecular formula is C15H20BrNO3S. The summed E-state index contributed by atoms with van der Waals surface area (Å²) in [7, 11) is 0. The molecule has 0 radical (unpaired) electrons. The molecule has 1 amide bonds. The lowest BCUT2D eigenvalue weighted by atomic mass is 10.1. The predicted octanol–water partition coefficient (Wildman–Crippen LogP) is 3.39. The van der Waals surface area contributed by atoms with Gasteiger partial charge in [0.1, 0.15) is 0 Å². The Bertz CT molecular complexity index is 534. The summed E-state index contributed by atoms with van der Waals surface area (Å²) >= 11 is 4.98. The van der Waals surface area contributed by atoms with Crippen LogP contribution in [0.25, 0.3) is 0 Å². The van der Waals surface area contributed by atoms with E-state index >= 15 is 0 Å². The fraction of sp³-hybridized carbons (Fsp3) is 0.467. The second kappa shape index (κ2) is 8.44. The summed E-state index contributed by atoms with van der Waals surface area (Å²) in [6, 6.07) is 4.11. The minimum Gasteiger partial charge on any atom is -0.481 e. The third-order valence-electron chi connectivity index (χ3n) is 3.14. The zero-order valence-corrected chi connectivity index (χ0v) is 14.8. The van der Waals surface area contributed by atoms with Gasteiger partial charge in [-0.05, 0) is 43.5 Å². The first-order valence-corrected chi connectivity index (χ1v) is 8.48. The average molecular weight is 374 g/mol. The minimum absolute atomic E-state index is 0.0717. The molecule has 0 aromatic heterocycles. The van der Waals surface area contributed by atoms with Gasteiger partial charge >= 0.3 is 5.97 Å². The maximum Gasteiger partial charge on any atom is 0.306 e. The van der Waals surface area contributed by atoms with Crippen LogP contribution in [-0.4, -0.2) is 29.3 Å². The normalized spacial score (nSPS) is 12.0. The smallest absolute Gasteiger partial charge is 0.306 e. The quantitative estimate of drug-likeness (QED) is 0.718. The van der Waals surface area contributed by atoms with E-state index in [0.717, 1.165) is 20.5 Å². The van der Waals surface area contributed by atoms with Crippen molar-refractivity contribution < 1.29 is 14.7 Å². The molecule has 0 heterocycles. The van der Waals surface area contributed by atoms with Crippen LogP contribution >= 0.6 is 27.7 Å². The number of carboxylic acids is 1. The van der Waals surface area contributed by atoms with E-state index in [1.165, 1.54) is 11.8 Å². The van der Waals surface area contributed by atoms with E-state index in [9.17, 15) is 9.59 Å². The van der Waals surface area contributed by atoms with Crippen molar-refractivity contribution in [3.05, 3.63) is 27.7 Å². The van der Waals surface area contributed by atoms with Crippen LogP contribution in [0.3, 0.4) is 0 Å². The molecule has 1 atom stereocenters. The van der Waals surface area contributed by atoms with E-state index in [-0.39, 0.29) is 5.91 Å². The van der Waals surface area contributed by atoms with Gasteiger partial charge in [-0.2, -0.15) is 0 Å². The van der Waals surface area contributed by atoms with Gasteiger partial charge < -0.3 is 10.4 Å². The van der Waals surface area contributed by atoms with Crippen LogP contribution in [0.1, 0.15) is 24.5 Å². The van der Waals surface area contributed by atoms with E-state index in [0.29, 0.717) is 18.7 Å². The SMILES string of the molecule is Cc1cc(SCC(=O)NCCC(C)C(=O)O)c(C)cc1Br. The molecule has 1 rings (SSSR count). The first-order valence-electron chi connectivity index (χ1n) is 6.70. The number of amides is 1. The average Bonchev–Trinajstić information content (AvgIpc) is 2.41. The number of carbonyl (C=O) groups is 2. The molecule has 21 heavy (non-hydrogen) atoms. The maximum atomic E-state index is 11.7. The standard InChI is InChI=1S/C15H20BrNO3S/c1-9(15(19)20)4-5-17-14(18)8-21-13-7-10(2)12(16)6-11(13)3/h6-7,9H,4-5,8H2,1-3H3,(H,17,18)(H,19,20). The number of carboxylic acid groups (broad SMARTS) is 1. The van der Waals surface area contributed by atoms with Crippen molar-refractivity contribution in [1.82, 2.24) is 5.32 Å². The lowest BCUT2D eigenvalue weighted by Gasteiger charge is -2.10. The van der Waals surface area contributed by atoms with Gasteiger partial charge in [0.2, 0.25) is 5.91 Å². The molecule has 0 aliphatic rings. The third-order valence-corrected chi connectivity index (χ3v) is 5.15. The van der Waals surface area contributed by atoms with Crippen molar-refractivity contribution in [3.8, 4) is 0 Å². The molecule has 0 aliphatic heterocycles. The lowest BCUT2D eigenvalue weighted by Crippen LogP contribution is -2.28. The van der Waals surface area contributed by atoms with E-state index in [2.05, 4.69) is 27.3 Å². The maximum absolute atomic E-state index is 11.7. The van der Waals surface area contributed by atoms with Gasteiger partial charge in [-0.15, -0.1) is 11.8 Å². The number of hydrogen-bond acceptors (Lipinski definition) is 3.